The fraction of sp³-hybridized carbons (Fsp3) is 0.654. The summed E-state index contributed by atoms with van der Waals surface area (Å²) in [5, 5.41) is 2.36. The molecule has 2 unspecified atom stereocenters. The second-order valence-corrected chi connectivity index (χ2v) is 10.6. The van der Waals surface area contributed by atoms with Crippen molar-refractivity contribution in [1.29, 1.82) is 0 Å². The first-order chi connectivity index (χ1) is 16.6. The monoisotopic (exact) mass is 467 g/mol. The minimum atomic E-state index is -0.589. The number of imide groups is 1. The number of benzene rings is 1. The van der Waals surface area contributed by atoms with E-state index in [-0.39, 0.29) is 30.2 Å². The second-order valence-electron chi connectivity index (χ2n) is 10.6. The minimum absolute atomic E-state index is 0.144. The van der Waals surface area contributed by atoms with Gasteiger partial charge in [0.2, 0.25) is 11.8 Å². The van der Waals surface area contributed by atoms with Gasteiger partial charge in [-0.05, 0) is 67.7 Å². The molecule has 0 spiro atoms. The van der Waals surface area contributed by atoms with E-state index in [1.807, 2.05) is 18.2 Å². The number of nitrogens with one attached hydrogen (secondary N) is 1. The van der Waals surface area contributed by atoms with Crippen LogP contribution in [0.2, 0.25) is 0 Å². The third-order valence-corrected chi connectivity index (χ3v) is 8.49. The molecule has 4 fully saturated rings. The second kappa shape index (κ2) is 8.96. The molecule has 1 aromatic carbocycles. The molecule has 3 amide bonds. The van der Waals surface area contributed by atoms with E-state index in [1.165, 1.54) is 25.7 Å². The van der Waals surface area contributed by atoms with Gasteiger partial charge in [0.25, 0.3) is 5.91 Å². The molecular weight excluding hydrogens is 434 g/mol. The third-order valence-electron chi connectivity index (χ3n) is 8.49. The van der Waals surface area contributed by atoms with Crippen LogP contribution in [0.3, 0.4) is 0 Å². The smallest absolute Gasteiger partial charge is 0.255 e. The van der Waals surface area contributed by atoms with Crippen molar-refractivity contribution in [1.82, 2.24) is 15.1 Å². The Kier molecular flexibility index (Phi) is 5.81. The van der Waals surface area contributed by atoms with Crippen LogP contribution in [-0.4, -0.2) is 72.0 Å². The summed E-state index contributed by atoms with van der Waals surface area (Å²) in [6.45, 7) is 4.52. The highest BCUT2D eigenvalue weighted by Crippen LogP contribution is 2.37. The summed E-state index contributed by atoms with van der Waals surface area (Å²) in [6, 6.07) is 5.55. The molecule has 8 nitrogen and oxygen atoms in total. The van der Waals surface area contributed by atoms with Gasteiger partial charge in [-0.3, -0.25) is 24.6 Å². The molecule has 182 valence electrons. The topological polar surface area (TPSA) is 88.2 Å². The van der Waals surface area contributed by atoms with Gasteiger partial charge in [-0.1, -0.05) is 6.42 Å². The number of amides is 3. The van der Waals surface area contributed by atoms with Crippen LogP contribution in [0.5, 0.6) is 5.75 Å². The Morgan fingerprint density at radius 2 is 1.85 bits per heavy atom. The summed E-state index contributed by atoms with van der Waals surface area (Å²) in [5.74, 6) is 1.49. The van der Waals surface area contributed by atoms with Crippen molar-refractivity contribution in [3.05, 3.63) is 29.3 Å². The van der Waals surface area contributed by atoms with Crippen LogP contribution >= 0.6 is 0 Å². The number of fused-ring (bicyclic) bond motifs is 1. The SMILES string of the molecule is O=C1CCC(N2Cc3cc(O[C@@H]4CCCC[C@@H]4N4CC(C5CCOC5)C4)ccc3C2=O)C(=O)N1. The molecule has 0 bridgehead atoms. The number of nitrogens with zero attached hydrogens (tertiary/aromatic N) is 2. The van der Waals surface area contributed by atoms with Gasteiger partial charge in [0.15, 0.2) is 0 Å². The van der Waals surface area contributed by atoms with Crippen molar-refractivity contribution in [3.8, 4) is 5.75 Å². The molecule has 4 atom stereocenters. The van der Waals surface area contributed by atoms with E-state index in [1.54, 1.807) is 4.90 Å². The van der Waals surface area contributed by atoms with E-state index >= 15 is 0 Å². The standard InChI is InChI=1S/C26H33N3O5/c30-24-8-7-22(25(31)27-24)29-14-17-11-19(5-6-20(17)26(29)32)34-23-4-2-1-3-21(23)28-12-18(13-28)16-9-10-33-15-16/h5-6,11,16,18,21-23H,1-4,7-10,12-15H2,(H,27,30,31)/t16?,21-,22?,23+/m0/s1. The Morgan fingerprint density at radius 3 is 2.65 bits per heavy atom. The quantitative estimate of drug-likeness (QED) is 0.668. The molecule has 4 aliphatic heterocycles. The molecule has 1 saturated carbocycles. The number of carbonyl (C=O) groups excluding carboxylic acids is 3. The Labute approximate surface area is 199 Å². The van der Waals surface area contributed by atoms with Gasteiger partial charge in [-0.25, -0.2) is 0 Å². The van der Waals surface area contributed by atoms with Gasteiger partial charge < -0.3 is 14.4 Å². The van der Waals surface area contributed by atoms with Gasteiger partial charge >= 0.3 is 0 Å². The Balaban J connectivity index is 1.11. The van der Waals surface area contributed by atoms with Crippen molar-refractivity contribution < 1.29 is 23.9 Å². The van der Waals surface area contributed by atoms with Crippen LogP contribution in [0.1, 0.15) is 60.9 Å². The first-order valence-corrected chi connectivity index (χ1v) is 12.8. The molecule has 3 saturated heterocycles. The molecule has 1 aromatic rings. The molecule has 4 heterocycles. The van der Waals surface area contributed by atoms with E-state index in [9.17, 15) is 14.4 Å². The van der Waals surface area contributed by atoms with Crippen molar-refractivity contribution in [2.75, 3.05) is 26.3 Å². The highest BCUT2D eigenvalue weighted by atomic mass is 16.5. The molecule has 6 rings (SSSR count). The van der Waals surface area contributed by atoms with Gasteiger partial charge in [0.1, 0.15) is 17.9 Å². The predicted octanol–water partition coefficient (Wildman–Crippen LogP) is 2.11. The number of carbonyl (C=O) groups is 3. The molecule has 0 radical (unpaired) electrons. The van der Waals surface area contributed by atoms with Crippen molar-refractivity contribution in [2.45, 2.75) is 69.7 Å². The van der Waals surface area contributed by atoms with Gasteiger partial charge in [0, 0.05) is 50.9 Å². The van der Waals surface area contributed by atoms with Crippen LogP contribution in [0.4, 0.5) is 0 Å². The molecule has 1 N–H and O–H groups in total. The molecule has 34 heavy (non-hydrogen) atoms. The highest BCUT2D eigenvalue weighted by Gasteiger charge is 2.43. The average Bonchev–Trinajstić information content (AvgIpc) is 3.42. The summed E-state index contributed by atoms with van der Waals surface area (Å²) in [6.07, 6.45) is 6.66. The summed E-state index contributed by atoms with van der Waals surface area (Å²) < 4.78 is 12.1. The number of hydrogen-bond acceptors (Lipinski definition) is 6. The van der Waals surface area contributed by atoms with E-state index in [0.717, 1.165) is 55.9 Å². The Bertz CT molecular complexity index is 985. The van der Waals surface area contributed by atoms with Gasteiger partial charge in [-0.2, -0.15) is 0 Å². The lowest BCUT2D eigenvalue weighted by Crippen LogP contribution is -2.59. The van der Waals surface area contributed by atoms with Crippen LogP contribution in [0, 0.1) is 11.8 Å². The van der Waals surface area contributed by atoms with E-state index in [4.69, 9.17) is 9.47 Å². The number of rotatable bonds is 5. The number of hydrogen-bond donors (Lipinski definition) is 1. The number of ether oxygens (including phenoxy) is 2. The van der Waals surface area contributed by atoms with E-state index in [0.29, 0.717) is 24.6 Å². The highest BCUT2D eigenvalue weighted by molar-refractivity contribution is 6.05. The average molecular weight is 468 g/mol. The molecule has 8 heteroatoms. The lowest BCUT2D eigenvalue weighted by molar-refractivity contribution is -0.136. The summed E-state index contributed by atoms with van der Waals surface area (Å²) >= 11 is 0. The predicted molar refractivity (Wildman–Crippen MR) is 123 cm³/mol. The minimum Gasteiger partial charge on any atom is -0.489 e. The maximum absolute atomic E-state index is 13.0. The molecular formula is C26H33N3O5. The van der Waals surface area contributed by atoms with E-state index in [2.05, 4.69) is 10.2 Å². The normalized spacial score (nSPS) is 32.5. The lowest BCUT2D eigenvalue weighted by atomic mass is 9.81. The Morgan fingerprint density at radius 1 is 1.00 bits per heavy atom. The first kappa shape index (κ1) is 22.0. The zero-order chi connectivity index (χ0) is 23.2. The Hall–Kier alpha value is -2.45. The summed E-state index contributed by atoms with van der Waals surface area (Å²) in [5.41, 5.74) is 1.52. The summed E-state index contributed by atoms with van der Waals surface area (Å²) in [4.78, 5) is 40.9. The fourth-order valence-corrected chi connectivity index (χ4v) is 6.47. The third kappa shape index (κ3) is 4.01. The van der Waals surface area contributed by atoms with Crippen LogP contribution in [0.25, 0.3) is 0 Å². The van der Waals surface area contributed by atoms with Crippen molar-refractivity contribution >= 4 is 17.7 Å². The summed E-state index contributed by atoms with van der Waals surface area (Å²) in [7, 11) is 0. The lowest BCUT2D eigenvalue weighted by Gasteiger charge is -2.50. The zero-order valence-corrected chi connectivity index (χ0v) is 19.5. The largest absolute Gasteiger partial charge is 0.489 e. The molecule has 0 aromatic heterocycles. The molecule has 5 aliphatic rings. The van der Waals surface area contributed by atoms with Crippen LogP contribution in [-0.2, 0) is 20.9 Å². The van der Waals surface area contributed by atoms with Crippen LogP contribution < -0.4 is 10.1 Å². The maximum Gasteiger partial charge on any atom is 0.255 e. The van der Waals surface area contributed by atoms with Crippen LogP contribution in [0.15, 0.2) is 18.2 Å². The van der Waals surface area contributed by atoms with E-state index < -0.39 is 6.04 Å². The van der Waals surface area contributed by atoms with Crippen molar-refractivity contribution in [3.63, 3.8) is 0 Å². The molecule has 1 aliphatic carbocycles. The fourth-order valence-electron chi connectivity index (χ4n) is 6.47. The van der Waals surface area contributed by atoms with Gasteiger partial charge in [-0.15, -0.1) is 0 Å². The zero-order valence-electron chi connectivity index (χ0n) is 19.5. The maximum atomic E-state index is 13.0. The van der Waals surface area contributed by atoms with Gasteiger partial charge in [0.05, 0.1) is 0 Å². The first-order valence-electron chi connectivity index (χ1n) is 12.8. The number of likely N-dealkylation sites (tertiary alicyclic amines) is 1. The number of piperidine rings is 1. The van der Waals surface area contributed by atoms with Crippen molar-refractivity contribution in [2.24, 2.45) is 11.8 Å².